The molecule has 0 aromatic heterocycles. The summed E-state index contributed by atoms with van der Waals surface area (Å²) in [5.74, 6) is -7.43. The fourth-order valence-corrected chi connectivity index (χ4v) is 3.05. The highest BCUT2D eigenvalue weighted by molar-refractivity contribution is 5.78. The van der Waals surface area contributed by atoms with E-state index in [0.717, 1.165) is 7.11 Å². The first kappa shape index (κ1) is 19.4. The Labute approximate surface area is 143 Å². The van der Waals surface area contributed by atoms with Gasteiger partial charge < -0.3 is 9.47 Å². The van der Waals surface area contributed by atoms with Gasteiger partial charge in [-0.25, -0.2) is 17.6 Å². The van der Waals surface area contributed by atoms with Crippen LogP contribution in [0.2, 0.25) is 0 Å². The Balaban J connectivity index is 2.18. The summed E-state index contributed by atoms with van der Waals surface area (Å²) in [4.78, 5) is 12.1. The van der Waals surface area contributed by atoms with Gasteiger partial charge in [-0.3, -0.25) is 4.79 Å². The summed E-state index contributed by atoms with van der Waals surface area (Å²) in [6.45, 7) is 4.04. The first-order chi connectivity index (χ1) is 11.7. The van der Waals surface area contributed by atoms with E-state index in [0.29, 0.717) is 0 Å². The molecule has 138 valence electrons. The van der Waals surface area contributed by atoms with Crippen molar-refractivity contribution < 1.29 is 31.8 Å². The van der Waals surface area contributed by atoms with Crippen LogP contribution in [0.1, 0.15) is 31.9 Å². The molecule has 1 aliphatic carbocycles. The molecule has 0 spiro atoms. The van der Waals surface area contributed by atoms with Crippen LogP contribution in [0.5, 0.6) is 0 Å². The van der Waals surface area contributed by atoms with Crippen LogP contribution >= 0.6 is 0 Å². The van der Waals surface area contributed by atoms with E-state index in [4.69, 9.17) is 4.74 Å². The molecule has 0 N–H and O–H groups in total. The molecule has 0 unspecified atom stereocenters. The molecule has 1 fully saturated rings. The van der Waals surface area contributed by atoms with Crippen LogP contribution in [0.4, 0.5) is 17.6 Å². The molecular formula is C18H20F4O3. The molecule has 0 saturated heterocycles. The van der Waals surface area contributed by atoms with Gasteiger partial charge in [0.25, 0.3) is 0 Å². The average Bonchev–Trinajstić information content (AvgIpc) is 3.10. The molecule has 3 nitrogen and oxygen atoms in total. The molecule has 2 atom stereocenters. The minimum absolute atomic E-state index is 0.0442. The predicted octanol–water partition coefficient (Wildman–Crippen LogP) is 4.28. The van der Waals surface area contributed by atoms with Crippen molar-refractivity contribution in [2.75, 3.05) is 7.11 Å². The molecule has 7 heteroatoms. The third-order valence-corrected chi connectivity index (χ3v) is 4.66. The van der Waals surface area contributed by atoms with Gasteiger partial charge in [0.15, 0.2) is 23.3 Å². The van der Waals surface area contributed by atoms with Crippen LogP contribution in [0.25, 0.3) is 0 Å². The number of carbonyl (C=O) groups is 1. The number of halogens is 4. The molecule has 1 aromatic carbocycles. The lowest BCUT2D eigenvalue weighted by molar-refractivity contribution is -0.147. The van der Waals surface area contributed by atoms with Crippen molar-refractivity contribution in [1.82, 2.24) is 0 Å². The maximum atomic E-state index is 14.0. The normalized spacial score (nSPS) is 21.6. The Bertz CT molecular complexity index is 684. The first-order valence-electron chi connectivity index (χ1n) is 7.80. The van der Waals surface area contributed by atoms with E-state index in [1.165, 1.54) is 0 Å². The second kappa shape index (κ2) is 7.15. The van der Waals surface area contributed by atoms with Crippen molar-refractivity contribution >= 4 is 5.97 Å². The molecule has 0 heterocycles. The zero-order valence-electron chi connectivity index (χ0n) is 14.5. The van der Waals surface area contributed by atoms with E-state index >= 15 is 0 Å². The average molecular weight is 360 g/mol. The van der Waals surface area contributed by atoms with Gasteiger partial charge in [0.05, 0.1) is 23.7 Å². The zero-order chi connectivity index (χ0) is 18.9. The molecule has 2 rings (SSSR count). The van der Waals surface area contributed by atoms with Gasteiger partial charge in [0.1, 0.15) is 6.61 Å². The lowest BCUT2D eigenvalue weighted by Crippen LogP contribution is -2.15. The number of hydrogen-bond acceptors (Lipinski definition) is 3. The number of ether oxygens (including phenoxy) is 2. The van der Waals surface area contributed by atoms with Crippen LogP contribution in [-0.2, 0) is 27.5 Å². The topological polar surface area (TPSA) is 35.5 Å². The fourth-order valence-electron chi connectivity index (χ4n) is 3.05. The van der Waals surface area contributed by atoms with Crippen molar-refractivity contribution in [3.05, 3.63) is 46.5 Å². The maximum absolute atomic E-state index is 14.0. The molecule has 0 aliphatic heterocycles. The van der Waals surface area contributed by atoms with Crippen molar-refractivity contribution in [3.8, 4) is 0 Å². The third kappa shape index (κ3) is 3.42. The summed E-state index contributed by atoms with van der Waals surface area (Å²) in [7, 11) is 1.14. The van der Waals surface area contributed by atoms with Crippen molar-refractivity contribution in [1.29, 1.82) is 0 Å². The van der Waals surface area contributed by atoms with Crippen molar-refractivity contribution in [3.63, 3.8) is 0 Å². The summed E-state index contributed by atoms with van der Waals surface area (Å²) in [5, 5.41) is 0. The van der Waals surface area contributed by atoms with Gasteiger partial charge >= 0.3 is 5.97 Å². The lowest BCUT2D eigenvalue weighted by atomic mass is 10.1. The molecular weight excluding hydrogens is 340 g/mol. The van der Waals surface area contributed by atoms with Gasteiger partial charge in [0, 0.05) is 7.11 Å². The third-order valence-electron chi connectivity index (χ3n) is 4.66. The highest BCUT2D eigenvalue weighted by Crippen LogP contribution is 2.59. The summed E-state index contributed by atoms with van der Waals surface area (Å²) < 4.78 is 65.2. The summed E-state index contributed by atoms with van der Waals surface area (Å²) in [5.41, 5.74) is -2.13. The van der Waals surface area contributed by atoms with Gasteiger partial charge in [-0.1, -0.05) is 26.0 Å². The van der Waals surface area contributed by atoms with E-state index in [9.17, 15) is 22.4 Å². The standard InChI is InChI=1S/C18H20F4O3/c1-5-6-11-12(18(11,2)3)17(23)25-8-10-15(21)13(19)9(7-24-4)14(20)16(10)22/h5-6,11-12H,7-8H2,1-4H3/b6-5-/t11-,12-/m1/s1. The van der Waals surface area contributed by atoms with Crippen LogP contribution in [0, 0.1) is 40.5 Å². The SMILES string of the molecule is C/C=C\[C@@H]1[C@H](C(=O)OCc2c(F)c(F)c(COC)c(F)c2F)C1(C)C. The highest BCUT2D eigenvalue weighted by Gasteiger charge is 2.61. The van der Waals surface area contributed by atoms with Gasteiger partial charge in [-0.05, 0) is 18.3 Å². The fraction of sp³-hybridized carbons (Fsp3) is 0.500. The van der Waals surface area contributed by atoms with Gasteiger partial charge in [-0.15, -0.1) is 0 Å². The van der Waals surface area contributed by atoms with Crippen LogP contribution in [-0.4, -0.2) is 13.1 Å². The number of hydrogen-bond donors (Lipinski definition) is 0. The Morgan fingerprint density at radius 3 is 1.96 bits per heavy atom. The molecule has 1 saturated carbocycles. The second-order valence-electron chi connectivity index (χ2n) is 6.60. The monoisotopic (exact) mass is 360 g/mol. The van der Waals surface area contributed by atoms with Crippen molar-refractivity contribution in [2.45, 2.75) is 34.0 Å². The van der Waals surface area contributed by atoms with Gasteiger partial charge in [-0.2, -0.15) is 0 Å². The van der Waals surface area contributed by atoms with E-state index in [-0.39, 0.29) is 11.3 Å². The van der Waals surface area contributed by atoms with Gasteiger partial charge in [0.2, 0.25) is 0 Å². The first-order valence-corrected chi connectivity index (χ1v) is 7.80. The smallest absolute Gasteiger partial charge is 0.310 e. The molecule has 1 aliphatic rings. The molecule has 0 radical (unpaired) electrons. The van der Waals surface area contributed by atoms with E-state index in [1.54, 1.807) is 6.08 Å². The number of benzene rings is 1. The minimum Gasteiger partial charge on any atom is -0.460 e. The zero-order valence-corrected chi connectivity index (χ0v) is 14.5. The minimum atomic E-state index is -1.58. The summed E-state index contributed by atoms with van der Waals surface area (Å²) >= 11 is 0. The highest BCUT2D eigenvalue weighted by atomic mass is 19.2. The molecule has 0 bridgehead atoms. The lowest BCUT2D eigenvalue weighted by Gasteiger charge is -2.12. The summed E-state index contributed by atoms with van der Waals surface area (Å²) in [6, 6.07) is 0. The number of esters is 1. The number of methoxy groups -OCH3 is 1. The Hall–Kier alpha value is -1.89. The van der Waals surface area contributed by atoms with Crippen molar-refractivity contribution in [2.24, 2.45) is 17.3 Å². The Kier molecular flexibility index (Phi) is 5.56. The van der Waals surface area contributed by atoms with Crippen LogP contribution < -0.4 is 0 Å². The quantitative estimate of drug-likeness (QED) is 0.329. The maximum Gasteiger partial charge on any atom is 0.310 e. The van der Waals surface area contributed by atoms with E-state index in [1.807, 2.05) is 26.8 Å². The molecule has 1 aromatic rings. The number of carbonyl (C=O) groups excluding carboxylic acids is 1. The summed E-state index contributed by atoms with van der Waals surface area (Å²) in [6.07, 6.45) is 3.66. The number of rotatable bonds is 6. The largest absolute Gasteiger partial charge is 0.460 e. The van der Waals surface area contributed by atoms with E-state index < -0.39 is 59.5 Å². The molecule has 25 heavy (non-hydrogen) atoms. The van der Waals surface area contributed by atoms with E-state index in [2.05, 4.69) is 4.74 Å². The predicted molar refractivity (Wildman–Crippen MR) is 82.4 cm³/mol. The van der Waals surface area contributed by atoms with Crippen LogP contribution in [0.3, 0.4) is 0 Å². The molecule has 0 amide bonds. The number of allylic oxidation sites excluding steroid dienone is 2. The Morgan fingerprint density at radius 2 is 1.52 bits per heavy atom. The second-order valence-corrected chi connectivity index (χ2v) is 6.60. The Morgan fingerprint density at radius 1 is 1.04 bits per heavy atom. The van der Waals surface area contributed by atoms with Crippen LogP contribution in [0.15, 0.2) is 12.2 Å².